The zero-order chi connectivity index (χ0) is 9.12. The van der Waals surface area contributed by atoms with E-state index in [2.05, 4.69) is 4.18 Å². The van der Waals surface area contributed by atoms with Crippen LogP contribution in [0.5, 0.6) is 0 Å². The summed E-state index contributed by atoms with van der Waals surface area (Å²) in [7, 11) is -4.25. The molecule has 0 aliphatic heterocycles. The lowest BCUT2D eigenvalue weighted by Gasteiger charge is -2.16. The van der Waals surface area contributed by atoms with Crippen LogP contribution in [-0.4, -0.2) is 19.6 Å². The standard InChI is InChI=1S/C6H14O4S/c1-6(2,3)4-5-10-11(7,8)9/h4-5H2,1-3H3,(H,7,8,9). The van der Waals surface area contributed by atoms with Gasteiger partial charge in [0.2, 0.25) is 0 Å². The van der Waals surface area contributed by atoms with Gasteiger partial charge < -0.3 is 0 Å². The Labute approximate surface area is 67.5 Å². The van der Waals surface area contributed by atoms with Crippen molar-refractivity contribution in [2.45, 2.75) is 27.2 Å². The first-order valence-electron chi connectivity index (χ1n) is 3.32. The van der Waals surface area contributed by atoms with E-state index in [1.165, 1.54) is 0 Å². The second-order valence-corrected chi connectivity index (χ2v) is 4.65. The number of rotatable bonds is 3. The summed E-state index contributed by atoms with van der Waals surface area (Å²) in [5.74, 6) is 0. The third-order valence-electron chi connectivity index (χ3n) is 1.08. The Hall–Kier alpha value is -0.130. The predicted molar refractivity (Wildman–Crippen MR) is 41.6 cm³/mol. The average Bonchev–Trinajstić information content (AvgIpc) is 1.55. The van der Waals surface area contributed by atoms with Crippen molar-refractivity contribution in [2.75, 3.05) is 6.61 Å². The minimum Gasteiger partial charge on any atom is -0.264 e. The fourth-order valence-electron chi connectivity index (χ4n) is 0.453. The monoisotopic (exact) mass is 182 g/mol. The molecule has 1 N–H and O–H groups in total. The number of hydrogen-bond donors (Lipinski definition) is 1. The molecular weight excluding hydrogens is 168 g/mol. The summed E-state index contributed by atoms with van der Waals surface area (Å²) >= 11 is 0. The maximum absolute atomic E-state index is 10.1. The van der Waals surface area contributed by atoms with Gasteiger partial charge in [-0.1, -0.05) is 20.8 Å². The van der Waals surface area contributed by atoms with E-state index >= 15 is 0 Å². The normalized spacial score (nSPS) is 13.5. The average molecular weight is 182 g/mol. The quantitative estimate of drug-likeness (QED) is 0.667. The van der Waals surface area contributed by atoms with Gasteiger partial charge in [-0.05, 0) is 11.8 Å². The largest absolute Gasteiger partial charge is 0.397 e. The van der Waals surface area contributed by atoms with Crippen molar-refractivity contribution < 1.29 is 17.2 Å². The molecule has 0 aliphatic rings. The summed E-state index contributed by atoms with van der Waals surface area (Å²) in [5.41, 5.74) is 0.0185. The lowest BCUT2D eigenvalue weighted by molar-refractivity contribution is 0.222. The Kier molecular flexibility index (Phi) is 3.47. The highest BCUT2D eigenvalue weighted by Crippen LogP contribution is 2.18. The summed E-state index contributed by atoms with van der Waals surface area (Å²) in [5, 5.41) is 0. The molecule has 0 rings (SSSR count). The molecule has 11 heavy (non-hydrogen) atoms. The second-order valence-electron chi connectivity index (χ2n) is 3.56. The molecule has 0 bridgehead atoms. The molecule has 68 valence electrons. The fourth-order valence-corrected chi connectivity index (χ4v) is 0.747. The molecule has 0 aromatic rings. The Morgan fingerprint density at radius 2 is 1.82 bits per heavy atom. The van der Waals surface area contributed by atoms with Crippen LogP contribution in [0.1, 0.15) is 27.2 Å². The Balaban J connectivity index is 3.61. The second kappa shape index (κ2) is 3.51. The van der Waals surface area contributed by atoms with Gasteiger partial charge in [0.1, 0.15) is 0 Å². The fraction of sp³-hybridized carbons (Fsp3) is 1.00. The van der Waals surface area contributed by atoms with Gasteiger partial charge in [-0.15, -0.1) is 0 Å². The highest BCUT2D eigenvalue weighted by molar-refractivity contribution is 7.80. The van der Waals surface area contributed by atoms with E-state index in [-0.39, 0.29) is 12.0 Å². The Bertz CT molecular complexity index is 199. The minimum absolute atomic E-state index is 0.0185. The van der Waals surface area contributed by atoms with Crippen molar-refractivity contribution in [1.82, 2.24) is 0 Å². The van der Waals surface area contributed by atoms with Crippen LogP contribution in [0.25, 0.3) is 0 Å². The zero-order valence-electron chi connectivity index (χ0n) is 6.99. The molecule has 0 aliphatic carbocycles. The highest BCUT2D eigenvalue weighted by Gasteiger charge is 2.12. The van der Waals surface area contributed by atoms with E-state index in [4.69, 9.17) is 4.55 Å². The molecular formula is C6H14O4S. The van der Waals surface area contributed by atoms with Gasteiger partial charge in [0.25, 0.3) is 0 Å². The molecule has 0 saturated carbocycles. The van der Waals surface area contributed by atoms with Gasteiger partial charge in [-0.3, -0.25) is 4.55 Å². The molecule has 0 aromatic heterocycles. The van der Waals surface area contributed by atoms with Crippen LogP contribution in [0.15, 0.2) is 0 Å². The van der Waals surface area contributed by atoms with E-state index < -0.39 is 10.4 Å². The van der Waals surface area contributed by atoms with Crippen LogP contribution in [0.2, 0.25) is 0 Å². The topological polar surface area (TPSA) is 63.6 Å². The summed E-state index contributed by atoms with van der Waals surface area (Å²) in [6.45, 7) is 5.91. The first kappa shape index (κ1) is 10.9. The van der Waals surface area contributed by atoms with E-state index in [1.54, 1.807) is 0 Å². The van der Waals surface area contributed by atoms with Crippen LogP contribution in [-0.2, 0) is 14.6 Å². The third-order valence-corrected chi connectivity index (χ3v) is 1.55. The van der Waals surface area contributed by atoms with Gasteiger partial charge in [0.05, 0.1) is 6.61 Å². The van der Waals surface area contributed by atoms with Crippen LogP contribution >= 0.6 is 0 Å². The van der Waals surface area contributed by atoms with Crippen molar-refractivity contribution in [2.24, 2.45) is 5.41 Å². The van der Waals surface area contributed by atoms with Crippen molar-refractivity contribution in [3.8, 4) is 0 Å². The molecule has 0 spiro atoms. The molecule has 0 heterocycles. The maximum Gasteiger partial charge on any atom is 0.397 e. The van der Waals surface area contributed by atoms with Gasteiger partial charge in [-0.25, -0.2) is 4.18 Å². The van der Waals surface area contributed by atoms with E-state index in [1.807, 2.05) is 20.8 Å². The first-order valence-corrected chi connectivity index (χ1v) is 4.69. The van der Waals surface area contributed by atoms with Crippen molar-refractivity contribution in [3.05, 3.63) is 0 Å². The Morgan fingerprint density at radius 3 is 2.09 bits per heavy atom. The SMILES string of the molecule is CC(C)(C)CCOS(=O)(=O)O. The van der Waals surface area contributed by atoms with Crippen LogP contribution in [0.3, 0.4) is 0 Å². The van der Waals surface area contributed by atoms with Crippen LogP contribution in [0, 0.1) is 5.41 Å². The van der Waals surface area contributed by atoms with Gasteiger partial charge in [0, 0.05) is 0 Å². The summed E-state index contributed by atoms with van der Waals surface area (Å²) in [6, 6.07) is 0. The molecule has 0 saturated heterocycles. The zero-order valence-corrected chi connectivity index (χ0v) is 7.81. The third kappa shape index (κ3) is 9.87. The molecule has 0 radical (unpaired) electrons. The van der Waals surface area contributed by atoms with Gasteiger partial charge >= 0.3 is 10.4 Å². The van der Waals surface area contributed by atoms with Crippen molar-refractivity contribution in [3.63, 3.8) is 0 Å². The van der Waals surface area contributed by atoms with Crippen LogP contribution in [0.4, 0.5) is 0 Å². The van der Waals surface area contributed by atoms with Crippen LogP contribution < -0.4 is 0 Å². The summed E-state index contributed by atoms with van der Waals surface area (Å²) in [6.07, 6.45) is 0.590. The molecule has 0 aromatic carbocycles. The molecule has 0 atom stereocenters. The first-order chi connectivity index (χ1) is 4.71. The lowest BCUT2D eigenvalue weighted by Crippen LogP contribution is -2.12. The molecule has 5 heteroatoms. The Morgan fingerprint density at radius 1 is 1.36 bits per heavy atom. The highest BCUT2D eigenvalue weighted by atomic mass is 32.3. The maximum atomic E-state index is 10.1. The van der Waals surface area contributed by atoms with E-state index in [0.717, 1.165) is 0 Å². The molecule has 0 amide bonds. The van der Waals surface area contributed by atoms with E-state index in [9.17, 15) is 8.42 Å². The van der Waals surface area contributed by atoms with Crippen molar-refractivity contribution in [1.29, 1.82) is 0 Å². The number of hydrogen-bond acceptors (Lipinski definition) is 3. The minimum atomic E-state index is -4.25. The van der Waals surface area contributed by atoms with Crippen molar-refractivity contribution >= 4 is 10.4 Å². The lowest BCUT2D eigenvalue weighted by atomic mass is 9.93. The summed E-state index contributed by atoms with van der Waals surface area (Å²) in [4.78, 5) is 0. The van der Waals surface area contributed by atoms with Gasteiger partial charge in [-0.2, -0.15) is 8.42 Å². The predicted octanol–water partition coefficient (Wildman–Crippen LogP) is 1.24. The summed E-state index contributed by atoms with van der Waals surface area (Å²) < 4.78 is 32.4. The van der Waals surface area contributed by atoms with E-state index in [0.29, 0.717) is 6.42 Å². The molecule has 0 fully saturated rings. The smallest absolute Gasteiger partial charge is 0.264 e. The molecule has 4 nitrogen and oxygen atoms in total. The van der Waals surface area contributed by atoms with Gasteiger partial charge in [0.15, 0.2) is 0 Å². The molecule has 0 unspecified atom stereocenters.